The molecule has 0 amide bonds. The Morgan fingerprint density at radius 1 is 0.950 bits per heavy atom. The molecule has 13 heteroatoms. The summed E-state index contributed by atoms with van der Waals surface area (Å²) < 4.78 is 67.1. The lowest BCUT2D eigenvalue weighted by molar-refractivity contribution is -0.137. The highest BCUT2D eigenvalue weighted by Crippen LogP contribution is 2.34. The van der Waals surface area contributed by atoms with Crippen molar-refractivity contribution < 1.29 is 21.6 Å². The topological polar surface area (TPSA) is 122 Å². The van der Waals surface area contributed by atoms with Crippen molar-refractivity contribution in [3.05, 3.63) is 53.1 Å². The monoisotopic (exact) mass is 598 g/mol. The Bertz CT molecular complexity index is 1400. The third-order valence-corrected chi connectivity index (χ3v) is 9.06. The van der Waals surface area contributed by atoms with E-state index in [0.717, 1.165) is 73.9 Å². The summed E-state index contributed by atoms with van der Waals surface area (Å²) in [6, 6.07) is 10.1. The first-order valence-electron chi connectivity index (χ1n) is 13.4. The van der Waals surface area contributed by atoms with Crippen molar-refractivity contribution in [1.82, 2.24) is 14.7 Å². The molecule has 1 fully saturated rings. The maximum atomic E-state index is 13.1. The van der Waals surface area contributed by atoms with E-state index in [2.05, 4.69) is 25.3 Å². The van der Waals surface area contributed by atoms with Crippen molar-refractivity contribution in [3.8, 4) is 0 Å². The number of nitrogens with two attached hydrogens (primary N) is 1. The molecule has 1 aromatic heterocycles. The molecule has 4 rings (SSSR count). The molecule has 1 aliphatic carbocycles. The lowest BCUT2D eigenvalue weighted by Gasteiger charge is -2.28. The summed E-state index contributed by atoms with van der Waals surface area (Å²) >= 11 is 5.92. The van der Waals surface area contributed by atoms with Crippen molar-refractivity contribution in [2.24, 2.45) is 17.6 Å². The molecule has 0 radical (unpaired) electrons. The first-order chi connectivity index (χ1) is 19.1. The van der Waals surface area contributed by atoms with Crippen molar-refractivity contribution in [2.75, 3.05) is 36.8 Å². The highest BCUT2D eigenvalue weighted by atomic mass is 35.5. The Morgan fingerprint density at radius 3 is 2.35 bits per heavy atom. The van der Waals surface area contributed by atoms with Gasteiger partial charge in [-0.2, -0.15) is 18.2 Å². The summed E-state index contributed by atoms with van der Waals surface area (Å²) in [5, 5.41) is 7.46. The van der Waals surface area contributed by atoms with Crippen molar-refractivity contribution in [3.63, 3.8) is 0 Å². The van der Waals surface area contributed by atoms with Crippen LogP contribution in [0.25, 0.3) is 10.9 Å². The van der Waals surface area contributed by atoms with E-state index in [0.29, 0.717) is 31.0 Å². The minimum absolute atomic E-state index is 0.0804. The summed E-state index contributed by atoms with van der Waals surface area (Å²) in [4.78, 5) is 8.78. The Hall–Kier alpha value is -2.67. The van der Waals surface area contributed by atoms with Crippen molar-refractivity contribution in [2.45, 2.75) is 49.6 Å². The van der Waals surface area contributed by atoms with Crippen LogP contribution in [0.1, 0.15) is 44.1 Å². The quantitative estimate of drug-likeness (QED) is 0.199. The number of anilines is 2. The van der Waals surface area contributed by atoms with E-state index >= 15 is 0 Å². The number of rotatable bonds is 12. The minimum atomic E-state index is -4.66. The van der Waals surface area contributed by atoms with Crippen LogP contribution in [0.2, 0.25) is 5.02 Å². The molecule has 0 aliphatic heterocycles. The smallest absolute Gasteiger partial charge is 0.369 e. The third-order valence-electron chi connectivity index (χ3n) is 7.15. The zero-order valence-electron chi connectivity index (χ0n) is 22.0. The van der Waals surface area contributed by atoms with E-state index in [1.165, 1.54) is 0 Å². The van der Waals surface area contributed by atoms with Gasteiger partial charge in [-0.15, -0.1) is 0 Å². The van der Waals surface area contributed by atoms with Gasteiger partial charge in [-0.05, 0) is 87.2 Å². The molecule has 40 heavy (non-hydrogen) atoms. The average Bonchev–Trinajstić information content (AvgIpc) is 2.93. The largest absolute Gasteiger partial charge is 0.416 e. The number of nitrogens with one attached hydrogen (secondary N) is 3. The standard InChI is InChI=1S/C27H34ClF3N6O2S/c28-22-12-11-20(27(29,30)31)15-24(22)40(38,39)35-17-19-9-7-18(8-10-19)16-34-26-36-23-6-2-1-5-21(23)25(37-26)33-14-4-3-13-32/h1-2,5-6,11-12,15,18-19,35H,3-4,7-10,13-14,16-17,32H2,(H2,33,34,36,37). The van der Waals surface area contributed by atoms with Crippen LogP contribution >= 0.6 is 11.6 Å². The lowest BCUT2D eigenvalue weighted by atomic mass is 9.82. The summed E-state index contributed by atoms with van der Waals surface area (Å²) in [5.74, 6) is 1.77. The molecule has 0 atom stereocenters. The molecule has 0 saturated heterocycles. The summed E-state index contributed by atoms with van der Waals surface area (Å²) in [6.07, 6.45) is 0.550. The van der Waals surface area contributed by atoms with Crippen LogP contribution in [0.4, 0.5) is 24.9 Å². The Balaban J connectivity index is 1.29. The number of hydrogen-bond acceptors (Lipinski definition) is 7. The second-order valence-corrected chi connectivity index (χ2v) is 12.2. The molecule has 0 unspecified atom stereocenters. The van der Waals surface area contributed by atoms with Gasteiger partial charge in [-0.25, -0.2) is 18.1 Å². The number of para-hydroxylation sites is 1. The van der Waals surface area contributed by atoms with E-state index in [1.807, 2.05) is 24.3 Å². The molecule has 0 bridgehead atoms. The summed E-state index contributed by atoms with van der Waals surface area (Å²) in [6.45, 7) is 2.24. The molecule has 1 saturated carbocycles. The number of alkyl halides is 3. The van der Waals surface area contributed by atoms with Gasteiger partial charge < -0.3 is 16.4 Å². The fraction of sp³-hybridized carbons (Fsp3) is 0.481. The SMILES string of the molecule is NCCCCNc1nc(NCC2CCC(CNS(=O)(=O)c3cc(C(F)(F)F)ccc3Cl)CC2)nc2ccccc12. The van der Waals surface area contributed by atoms with Crippen LogP contribution in [0.3, 0.4) is 0 Å². The molecule has 8 nitrogen and oxygen atoms in total. The Morgan fingerprint density at radius 2 is 1.65 bits per heavy atom. The maximum Gasteiger partial charge on any atom is 0.416 e. The van der Waals surface area contributed by atoms with Gasteiger partial charge in [0.2, 0.25) is 16.0 Å². The van der Waals surface area contributed by atoms with Crippen LogP contribution in [0.15, 0.2) is 47.4 Å². The first kappa shape index (κ1) is 30.3. The zero-order valence-corrected chi connectivity index (χ0v) is 23.5. The van der Waals surface area contributed by atoms with Crippen LogP contribution in [-0.4, -0.2) is 44.6 Å². The van der Waals surface area contributed by atoms with E-state index in [9.17, 15) is 21.6 Å². The highest BCUT2D eigenvalue weighted by Gasteiger charge is 2.33. The van der Waals surface area contributed by atoms with Crippen LogP contribution in [0.5, 0.6) is 0 Å². The van der Waals surface area contributed by atoms with Crippen molar-refractivity contribution >= 4 is 44.3 Å². The van der Waals surface area contributed by atoms with Gasteiger partial charge in [0.1, 0.15) is 10.7 Å². The molecule has 2 aromatic carbocycles. The average molecular weight is 599 g/mol. The predicted octanol–water partition coefficient (Wildman–Crippen LogP) is 5.65. The van der Waals surface area contributed by atoms with Gasteiger partial charge >= 0.3 is 6.18 Å². The molecule has 0 spiro atoms. The molecule has 218 valence electrons. The number of unbranched alkanes of at least 4 members (excludes halogenated alkanes) is 1. The molecule has 1 aliphatic rings. The van der Waals surface area contributed by atoms with Crippen LogP contribution in [-0.2, 0) is 16.2 Å². The van der Waals surface area contributed by atoms with E-state index in [4.69, 9.17) is 17.3 Å². The van der Waals surface area contributed by atoms with Crippen LogP contribution < -0.4 is 21.1 Å². The maximum absolute atomic E-state index is 13.1. The van der Waals surface area contributed by atoms with Crippen molar-refractivity contribution in [1.29, 1.82) is 0 Å². The van der Waals surface area contributed by atoms with E-state index < -0.39 is 26.7 Å². The molecule has 1 heterocycles. The predicted molar refractivity (Wildman–Crippen MR) is 152 cm³/mol. The van der Waals surface area contributed by atoms with Gasteiger partial charge in [0.05, 0.1) is 16.1 Å². The Kier molecular flexibility index (Phi) is 10.1. The van der Waals surface area contributed by atoms with Gasteiger partial charge in [0.25, 0.3) is 0 Å². The normalized spacial score (nSPS) is 18.1. The van der Waals surface area contributed by atoms with E-state index in [1.54, 1.807) is 0 Å². The number of hydrogen-bond donors (Lipinski definition) is 4. The van der Waals surface area contributed by atoms with Gasteiger partial charge in [-0.3, -0.25) is 0 Å². The van der Waals surface area contributed by atoms with Crippen LogP contribution in [0, 0.1) is 11.8 Å². The lowest BCUT2D eigenvalue weighted by Crippen LogP contribution is -2.32. The first-order valence-corrected chi connectivity index (χ1v) is 15.2. The number of sulfonamides is 1. The fourth-order valence-corrected chi connectivity index (χ4v) is 6.47. The third kappa shape index (κ3) is 7.96. The fourth-order valence-electron chi connectivity index (χ4n) is 4.83. The minimum Gasteiger partial charge on any atom is -0.369 e. The highest BCUT2D eigenvalue weighted by molar-refractivity contribution is 7.89. The molecular weight excluding hydrogens is 565 g/mol. The second kappa shape index (κ2) is 13.3. The second-order valence-electron chi connectivity index (χ2n) is 10.1. The van der Waals surface area contributed by atoms with Gasteiger partial charge in [-0.1, -0.05) is 23.7 Å². The number of aromatic nitrogens is 2. The zero-order chi connectivity index (χ0) is 28.8. The number of halogens is 4. The van der Waals surface area contributed by atoms with E-state index in [-0.39, 0.29) is 17.5 Å². The Labute approximate surface area is 237 Å². The number of fused-ring (bicyclic) bond motifs is 1. The van der Waals surface area contributed by atoms with Gasteiger partial charge in [0, 0.05) is 25.0 Å². The summed E-state index contributed by atoms with van der Waals surface area (Å²) in [7, 11) is -4.19. The molecule has 3 aromatic rings. The summed E-state index contributed by atoms with van der Waals surface area (Å²) in [5.41, 5.74) is 5.38. The number of nitrogens with zero attached hydrogens (tertiary/aromatic N) is 2. The molecular formula is C27H34ClF3N6O2S. The molecule has 5 N–H and O–H groups in total. The number of benzene rings is 2. The van der Waals surface area contributed by atoms with Gasteiger partial charge in [0.15, 0.2) is 0 Å².